The quantitative estimate of drug-likeness (QED) is 0.228. The number of hydrogen-bond donors (Lipinski definition) is 1. The molecule has 0 saturated heterocycles. The monoisotopic (exact) mass is 660 g/mol. The number of aliphatic hydroxyl groups is 1. The zero-order valence-electron chi connectivity index (χ0n) is 18.0. The van der Waals surface area contributed by atoms with E-state index >= 15 is 0 Å². The Morgan fingerprint density at radius 3 is 1.86 bits per heavy atom. The van der Waals surface area contributed by atoms with Crippen LogP contribution in [0, 0.1) is 35.4 Å². The summed E-state index contributed by atoms with van der Waals surface area (Å²) in [6, 6.07) is 16.7. The molecule has 0 fully saturated rings. The molecule has 35 heavy (non-hydrogen) atoms. The Balaban J connectivity index is 0.000000231. The predicted octanol–water partition coefficient (Wildman–Crippen LogP) is 4.57. The molecule has 3 aromatic heterocycles. The second-order valence-corrected chi connectivity index (χ2v) is 6.29. The normalized spacial score (nSPS) is 9.77. The van der Waals surface area contributed by atoms with Gasteiger partial charge in [-0.3, -0.25) is 22.5 Å². The van der Waals surface area contributed by atoms with Crippen molar-refractivity contribution in [3.8, 4) is 22.6 Å². The molecule has 5 rings (SSSR count). The minimum absolute atomic E-state index is 0. The molecule has 5 aromatic rings. The average Bonchev–Trinajstić information content (AvgIpc) is 3.58. The number of pyridine rings is 1. The first-order valence-electron chi connectivity index (χ1n) is 9.67. The molecule has 0 amide bonds. The standard InChI is InChI=1S/C12H7F2N4.C11H6F2N.CH4O.Ir/c13-9-7-10(14)12(18-6-2-4-16-18)8-11(9)17-5-1-3-15-17;12-9-5-3-4-8(11(9)13)10-6-1-2-7-14-10;1-2;/h1-7H;1-3,5-7H;2H,1H3;/q2*-1;;. The molecule has 0 aliphatic rings. The van der Waals surface area contributed by atoms with Crippen molar-refractivity contribution in [1.29, 1.82) is 0 Å². The summed E-state index contributed by atoms with van der Waals surface area (Å²) in [6.07, 6.45) is 7.64. The van der Waals surface area contributed by atoms with Crippen LogP contribution in [0.3, 0.4) is 0 Å². The van der Waals surface area contributed by atoms with Gasteiger partial charge in [-0.25, -0.2) is 4.39 Å². The van der Waals surface area contributed by atoms with Crippen LogP contribution < -0.4 is 0 Å². The van der Waals surface area contributed by atoms with Crippen molar-refractivity contribution in [2.45, 2.75) is 0 Å². The molecule has 1 N–H and O–H groups in total. The van der Waals surface area contributed by atoms with E-state index < -0.39 is 23.3 Å². The minimum Gasteiger partial charge on any atom is -0.400 e. The van der Waals surface area contributed by atoms with Crippen molar-refractivity contribution in [1.82, 2.24) is 24.5 Å². The molecule has 1 radical (unpaired) electrons. The number of aromatic nitrogens is 5. The van der Waals surface area contributed by atoms with Crippen molar-refractivity contribution in [3.63, 3.8) is 0 Å². The van der Waals surface area contributed by atoms with Crippen molar-refractivity contribution in [2.24, 2.45) is 0 Å². The topological polar surface area (TPSA) is 68.8 Å². The Kier molecular flexibility index (Phi) is 10.5. The van der Waals surface area contributed by atoms with Crippen molar-refractivity contribution >= 4 is 0 Å². The van der Waals surface area contributed by atoms with Gasteiger partial charge in [0.25, 0.3) is 0 Å². The summed E-state index contributed by atoms with van der Waals surface area (Å²) in [5.41, 5.74) is 0.536. The van der Waals surface area contributed by atoms with E-state index in [-0.39, 0.29) is 37.0 Å². The molecular weight excluding hydrogens is 643 g/mol. The third-order valence-corrected chi connectivity index (χ3v) is 4.22. The summed E-state index contributed by atoms with van der Waals surface area (Å²) in [6.45, 7) is 0. The van der Waals surface area contributed by atoms with Gasteiger partial charge >= 0.3 is 0 Å². The van der Waals surface area contributed by atoms with Gasteiger partial charge in [-0.05, 0) is 35.3 Å². The van der Waals surface area contributed by atoms with Gasteiger partial charge in [-0.2, -0.15) is 10.2 Å². The van der Waals surface area contributed by atoms with Crippen LogP contribution >= 0.6 is 0 Å². The molecule has 0 aliphatic carbocycles. The van der Waals surface area contributed by atoms with E-state index in [0.29, 0.717) is 5.69 Å². The van der Waals surface area contributed by atoms with E-state index in [1.54, 1.807) is 42.7 Å². The van der Waals surface area contributed by atoms with Gasteiger partial charge in [0, 0.05) is 69.8 Å². The largest absolute Gasteiger partial charge is 0.400 e. The Labute approximate surface area is 211 Å². The summed E-state index contributed by atoms with van der Waals surface area (Å²) in [7, 11) is 1.00. The van der Waals surface area contributed by atoms with Crippen molar-refractivity contribution in [3.05, 3.63) is 115 Å². The first-order valence-corrected chi connectivity index (χ1v) is 9.67. The second-order valence-electron chi connectivity index (χ2n) is 6.29. The van der Waals surface area contributed by atoms with Gasteiger partial charge in [-0.1, -0.05) is 23.8 Å². The smallest absolute Gasteiger partial charge is 0.0765 e. The molecule has 0 spiro atoms. The van der Waals surface area contributed by atoms with E-state index in [0.717, 1.165) is 19.2 Å². The Morgan fingerprint density at radius 1 is 0.771 bits per heavy atom. The van der Waals surface area contributed by atoms with Crippen molar-refractivity contribution < 1.29 is 42.8 Å². The summed E-state index contributed by atoms with van der Waals surface area (Å²) < 4.78 is 56.0. The summed E-state index contributed by atoms with van der Waals surface area (Å²) >= 11 is 0. The Bertz CT molecular complexity index is 1260. The van der Waals surface area contributed by atoms with Gasteiger partial charge in [0.15, 0.2) is 0 Å². The third-order valence-electron chi connectivity index (χ3n) is 4.22. The van der Waals surface area contributed by atoms with E-state index in [2.05, 4.69) is 27.3 Å². The zero-order chi connectivity index (χ0) is 24.5. The first kappa shape index (κ1) is 27.6. The van der Waals surface area contributed by atoms with Crippen molar-refractivity contribution in [2.75, 3.05) is 7.11 Å². The maximum atomic E-state index is 13.7. The molecule has 0 bridgehead atoms. The maximum absolute atomic E-state index is 13.7. The number of nitrogens with zero attached hydrogens (tertiary/aromatic N) is 5. The van der Waals surface area contributed by atoms with E-state index in [1.807, 2.05) is 0 Å². The van der Waals surface area contributed by atoms with Gasteiger partial charge in [0.05, 0.1) is 11.6 Å². The number of rotatable bonds is 3. The third kappa shape index (κ3) is 6.69. The fraction of sp³-hybridized carbons (Fsp3) is 0.0417. The summed E-state index contributed by atoms with van der Waals surface area (Å²) in [4.78, 5) is 3.91. The van der Waals surface area contributed by atoms with Crippen LogP contribution in [-0.2, 0) is 20.1 Å². The van der Waals surface area contributed by atoms with Crippen LogP contribution in [0.1, 0.15) is 0 Å². The molecule has 0 atom stereocenters. The molecule has 0 saturated carbocycles. The Hall–Kier alpha value is -3.66. The fourth-order valence-corrected chi connectivity index (χ4v) is 2.77. The molecule has 11 heteroatoms. The van der Waals surface area contributed by atoms with Crippen LogP contribution in [-0.4, -0.2) is 36.8 Å². The van der Waals surface area contributed by atoms with E-state index in [9.17, 15) is 17.6 Å². The predicted molar refractivity (Wildman–Crippen MR) is 116 cm³/mol. The number of hydrogen-bond acceptors (Lipinski definition) is 4. The van der Waals surface area contributed by atoms with E-state index in [4.69, 9.17) is 5.11 Å². The number of benzene rings is 2. The van der Waals surface area contributed by atoms with Crippen LogP contribution in [0.2, 0.25) is 0 Å². The Morgan fingerprint density at radius 2 is 1.37 bits per heavy atom. The molecule has 0 unspecified atom stereocenters. The summed E-state index contributed by atoms with van der Waals surface area (Å²) in [5, 5.41) is 14.8. The minimum atomic E-state index is -0.911. The maximum Gasteiger partial charge on any atom is 0.0765 e. The molecule has 2 aromatic carbocycles. The fourth-order valence-electron chi connectivity index (χ4n) is 2.77. The average molecular weight is 660 g/mol. The van der Waals surface area contributed by atoms with Gasteiger partial charge in [0.1, 0.15) is 0 Å². The number of halogens is 4. The molecule has 0 aliphatic heterocycles. The SMILES string of the molecule is CO.Fc1cc(F)c(-n2cccn2)[c-]c1-n1cccn1.Fc1cc[c-]c(-c2ccccn2)c1F.[Ir]. The second kappa shape index (κ2) is 13.3. The van der Waals surface area contributed by atoms with Gasteiger partial charge < -0.3 is 10.1 Å². The summed E-state index contributed by atoms with van der Waals surface area (Å²) in [5.74, 6) is -3.25. The van der Waals surface area contributed by atoms with Crippen LogP contribution in [0.15, 0.2) is 79.5 Å². The van der Waals surface area contributed by atoms with Crippen LogP contribution in [0.4, 0.5) is 17.6 Å². The van der Waals surface area contributed by atoms with E-state index in [1.165, 1.54) is 34.0 Å². The van der Waals surface area contributed by atoms with Gasteiger partial charge in [0.2, 0.25) is 0 Å². The molecule has 3 heterocycles. The molecule has 6 nitrogen and oxygen atoms in total. The van der Waals surface area contributed by atoms with Crippen LogP contribution in [0.25, 0.3) is 22.6 Å². The van der Waals surface area contributed by atoms with Crippen LogP contribution in [0.5, 0.6) is 0 Å². The molecular formula is C24H17F4IrN5O-2. The number of aliphatic hydroxyl groups excluding tert-OH is 1. The van der Waals surface area contributed by atoms with Gasteiger partial charge in [-0.15, -0.1) is 24.3 Å². The zero-order valence-corrected chi connectivity index (χ0v) is 20.4. The molecule has 183 valence electrons. The first-order chi connectivity index (χ1) is 16.5.